The summed E-state index contributed by atoms with van der Waals surface area (Å²) >= 11 is 0. The maximum absolute atomic E-state index is 13.2. The highest BCUT2D eigenvalue weighted by atomic mass is 16.2. The number of rotatable bonds is 5. The first kappa shape index (κ1) is 23.0. The Bertz CT molecular complexity index is 1140. The number of hydrogen-bond donors (Lipinski definition) is 2. The van der Waals surface area contributed by atoms with Crippen molar-refractivity contribution in [2.24, 2.45) is 5.92 Å². The van der Waals surface area contributed by atoms with E-state index in [1.807, 2.05) is 32.9 Å². The predicted octanol–water partition coefficient (Wildman–Crippen LogP) is 5.22. The van der Waals surface area contributed by atoms with Gasteiger partial charge in [-0.3, -0.25) is 14.5 Å². The van der Waals surface area contributed by atoms with Crippen molar-refractivity contribution in [1.82, 2.24) is 10.2 Å². The van der Waals surface area contributed by atoms with E-state index in [1.54, 1.807) is 12.1 Å². The number of anilines is 1. The van der Waals surface area contributed by atoms with E-state index in [0.717, 1.165) is 25.9 Å². The molecule has 0 saturated carbocycles. The molecule has 33 heavy (non-hydrogen) atoms. The minimum absolute atomic E-state index is 0.0198. The second-order valence-corrected chi connectivity index (χ2v) is 9.95. The number of para-hydroxylation sites is 1. The fraction of sp³-hybridized carbons (Fsp3) is 0.357. The first-order valence-corrected chi connectivity index (χ1v) is 11.7. The van der Waals surface area contributed by atoms with Crippen LogP contribution in [-0.4, -0.2) is 35.3 Å². The summed E-state index contributed by atoms with van der Waals surface area (Å²) in [4.78, 5) is 28.3. The maximum atomic E-state index is 13.2. The number of hydrogen-bond acceptors (Lipinski definition) is 3. The topological polar surface area (TPSA) is 61.4 Å². The van der Waals surface area contributed by atoms with Crippen LogP contribution in [0.15, 0.2) is 66.7 Å². The summed E-state index contributed by atoms with van der Waals surface area (Å²) in [6.45, 7) is 8.36. The third-order valence-electron chi connectivity index (χ3n) is 6.07. The van der Waals surface area contributed by atoms with Crippen LogP contribution < -0.4 is 10.6 Å². The Kier molecular flexibility index (Phi) is 6.80. The first-order valence-electron chi connectivity index (χ1n) is 11.7. The Hall–Kier alpha value is -3.18. The molecule has 0 aliphatic carbocycles. The lowest BCUT2D eigenvalue weighted by Gasteiger charge is -2.32. The van der Waals surface area contributed by atoms with E-state index < -0.39 is 0 Å². The number of benzene rings is 3. The van der Waals surface area contributed by atoms with Gasteiger partial charge in [0, 0.05) is 18.6 Å². The van der Waals surface area contributed by atoms with E-state index >= 15 is 0 Å². The van der Waals surface area contributed by atoms with Gasteiger partial charge in [0.05, 0.1) is 17.2 Å². The summed E-state index contributed by atoms with van der Waals surface area (Å²) in [5.74, 6) is -0.305. The molecule has 1 fully saturated rings. The van der Waals surface area contributed by atoms with Gasteiger partial charge in [0.25, 0.3) is 5.91 Å². The molecular formula is C28H33N3O2. The molecule has 3 aromatic carbocycles. The van der Waals surface area contributed by atoms with Gasteiger partial charge in [-0.15, -0.1) is 0 Å². The van der Waals surface area contributed by atoms with Crippen LogP contribution in [0.25, 0.3) is 10.8 Å². The van der Waals surface area contributed by atoms with Crippen molar-refractivity contribution in [2.75, 3.05) is 18.4 Å². The Morgan fingerprint density at radius 3 is 2.52 bits per heavy atom. The van der Waals surface area contributed by atoms with E-state index in [0.29, 0.717) is 17.8 Å². The van der Waals surface area contributed by atoms with Crippen molar-refractivity contribution in [3.8, 4) is 0 Å². The molecule has 0 aromatic heterocycles. The van der Waals surface area contributed by atoms with Gasteiger partial charge < -0.3 is 10.6 Å². The molecule has 172 valence electrons. The number of piperidine rings is 1. The van der Waals surface area contributed by atoms with Gasteiger partial charge in [0.1, 0.15) is 0 Å². The van der Waals surface area contributed by atoms with Crippen molar-refractivity contribution in [2.45, 2.75) is 45.7 Å². The number of amides is 2. The third-order valence-corrected chi connectivity index (χ3v) is 6.07. The molecule has 1 atom stereocenters. The fourth-order valence-corrected chi connectivity index (χ4v) is 4.52. The SMILES string of the molecule is CC(C)(C)NC(=O)c1ccccc1NC(=O)C1CCCN(Cc2cccc3ccccc23)C1. The molecule has 5 nitrogen and oxygen atoms in total. The normalized spacial score (nSPS) is 17.0. The molecule has 5 heteroatoms. The van der Waals surface area contributed by atoms with Gasteiger partial charge in [-0.25, -0.2) is 0 Å². The zero-order chi connectivity index (χ0) is 23.4. The van der Waals surface area contributed by atoms with Crippen molar-refractivity contribution >= 4 is 28.3 Å². The Labute approximate surface area is 196 Å². The molecule has 1 saturated heterocycles. The van der Waals surface area contributed by atoms with Gasteiger partial charge >= 0.3 is 0 Å². The van der Waals surface area contributed by atoms with Crippen molar-refractivity contribution < 1.29 is 9.59 Å². The standard InChI is InChI=1S/C28H33N3O2/c1-28(2,3)30-27(33)24-15-6-7-16-25(24)29-26(32)22-13-9-17-31(19-22)18-21-12-8-11-20-10-4-5-14-23(20)21/h4-8,10-12,14-16,22H,9,13,17-19H2,1-3H3,(H,29,32)(H,30,33). The lowest BCUT2D eigenvalue weighted by Crippen LogP contribution is -2.42. The second kappa shape index (κ2) is 9.75. The number of fused-ring (bicyclic) bond motifs is 1. The summed E-state index contributed by atoms with van der Waals surface area (Å²) < 4.78 is 0. The van der Waals surface area contributed by atoms with Gasteiger partial charge in [-0.1, -0.05) is 54.6 Å². The molecular weight excluding hydrogens is 410 g/mol. The molecule has 0 spiro atoms. The molecule has 1 aliphatic heterocycles. The van der Waals surface area contributed by atoms with Crippen LogP contribution in [0, 0.1) is 5.92 Å². The fourth-order valence-electron chi connectivity index (χ4n) is 4.52. The predicted molar refractivity (Wildman–Crippen MR) is 134 cm³/mol. The van der Waals surface area contributed by atoms with E-state index in [4.69, 9.17) is 0 Å². The zero-order valence-electron chi connectivity index (χ0n) is 19.7. The number of nitrogens with zero attached hydrogens (tertiary/aromatic N) is 1. The third kappa shape index (κ3) is 5.79. The molecule has 1 aliphatic rings. The van der Waals surface area contributed by atoms with E-state index in [1.165, 1.54) is 16.3 Å². The highest BCUT2D eigenvalue weighted by molar-refractivity contribution is 6.04. The molecule has 2 N–H and O–H groups in total. The number of likely N-dealkylation sites (tertiary alicyclic amines) is 1. The smallest absolute Gasteiger partial charge is 0.253 e. The van der Waals surface area contributed by atoms with Gasteiger partial charge in [0.2, 0.25) is 5.91 Å². The lowest BCUT2D eigenvalue weighted by molar-refractivity contribution is -0.121. The summed E-state index contributed by atoms with van der Waals surface area (Å²) in [5, 5.41) is 8.52. The van der Waals surface area contributed by atoms with Crippen molar-refractivity contribution in [3.63, 3.8) is 0 Å². The summed E-state index contributed by atoms with van der Waals surface area (Å²) in [6.07, 6.45) is 1.84. The Morgan fingerprint density at radius 1 is 0.970 bits per heavy atom. The van der Waals surface area contributed by atoms with Gasteiger partial charge in [-0.05, 0) is 68.6 Å². The lowest BCUT2D eigenvalue weighted by atomic mass is 9.95. The van der Waals surface area contributed by atoms with Crippen LogP contribution in [0.4, 0.5) is 5.69 Å². The van der Waals surface area contributed by atoms with E-state index in [2.05, 4.69) is 58.0 Å². The quantitative estimate of drug-likeness (QED) is 0.568. The van der Waals surface area contributed by atoms with Crippen molar-refractivity contribution in [3.05, 3.63) is 77.9 Å². The number of carbonyl (C=O) groups is 2. The average Bonchev–Trinajstić information content (AvgIpc) is 2.79. The molecule has 4 rings (SSSR count). The molecule has 2 amide bonds. The maximum Gasteiger partial charge on any atom is 0.253 e. The Morgan fingerprint density at radius 2 is 1.70 bits per heavy atom. The van der Waals surface area contributed by atoms with Gasteiger partial charge in [0.15, 0.2) is 0 Å². The molecule has 0 radical (unpaired) electrons. The average molecular weight is 444 g/mol. The van der Waals surface area contributed by atoms with Crippen LogP contribution in [0.3, 0.4) is 0 Å². The van der Waals surface area contributed by atoms with Crippen molar-refractivity contribution in [1.29, 1.82) is 0 Å². The highest BCUT2D eigenvalue weighted by Crippen LogP contribution is 2.25. The first-order chi connectivity index (χ1) is 15.8. The Balaban J connectivity index is 1.44. The van der Waals surface area contributed by atoms with Crippen LogP contribution >= 0.6 is 0 Å². The molecule has 3 aromatic rings. The minimum Gasteiger partial charge on any atom is -0.347 e. The van der Waals surface area contributed by atoms with Crippen LogP contribution in [-0.2, 0) is 11.3 Å². The van der Waals surface area contributed by atoms with E-state index in [-0.39, 0.29) is 23.3 Å². The largest absolute Gasteiger partial charge is 0.347 e. The number of carbonyl (C=O) groups excluding carboxylic acids is 2. The van der Waals surface area contributed by atoms with Crippen LogP contribution in [0.1, 0.15) is 49.5 Å². The second-order valence-electron chi connectivity index (χ2n) is 9.95. The molecule has 1 unspecified atom stereocenters. The zero-order valence-corrected chi connectivity index (χ0v) is 19.7. The number of nitrogens with one attached hydrogen (secondary N) is 2. The van der Waals surface area contributed by atoms with E-state index in [9.17, 15) is 9.59 Å². The summed E-state index contributed by atoms with van der Waals surface area (Å²) in [6, 6.07) is 22.1. The summed E-state index contributed by atoms with van der Waals surface area (Å²) in [5.41, 5.74) is 2.00. The molecule has 1 heterocycles. The van der Waals surface area contributed by atoms with Crippen LogP contribution in [0.5, 0.6) is 0 Å². The monoisotopic (exact) mass is 443 g/mol. The van der Waals surface area contributed by atoms with Crippen LogP contribution in [0.2, 0.25) is 0 Å². The highest BCUT2D eigenvalue weighted by Gasteiger charge is 2.27. The minimum atomic E-state index is -0.348. The molecule has 0 bridgehead atoms. The van der Waals surface area contributed by atoms with Gasteiger partial charge in [-0.2, -0.15) is 0 Å². The summed E-state index contributed by atoms with van der Waals surface area (Å²) in [7, 11) is 0.